The Morgan fingerprint density at radius 2 is 1.53 bits per heavy atom. The Balaban J connectivity index is 1.34. The van der Waals surface area contributed by atoms with E-state index in [-0.39, 0.29) is 18.1 Å². The SMILES string of the molecule is COc1ccc(-n2nc(C3OC(C)O3)c3c2C(=O)N(c2ccc(N4CCCCC4=O)cc2)CC3)cc1. The molecular formula is C27H28N4O5. The molecule has 4 heterocycles. The number of hydrogen-bond acceptors (Lipinski definition) is 6. The zero-order valence-electron chi connectivity index (χ0n) is 20.3. The fraction of sp³-hybridized carbons (Fsp3) is 0.370. The molecule has 0 N–H and O–H groups in total. The first-order chi connectivity index (χ1) is 17.5. The minimum absolute atomic E-state index is 0.139. The Morgan fingerprint density at radius 1 is 0.861 bits per heavy atom. The van der Waals surface area contributed by atoms with Crippen LogP contribution in [0.3, 0.4) is 0 Å². The predicted octanol–water partition coefficient (Wildman–Crippen LogP) is 3.99. The predicted molar refractivity (Wildman–Crippen MR) is 133 cm³/mol. The van der Waals surface area contributed by atoms with Crippen molar-refractivity contribution in [2.24, 2.45) is 0 Å². The summed E-state index contributed by atoms with van der Waals surface area (Å²) in [5.41, 5.74) is 4.40. The number of aromatic nitrogens is 2. The molecule has 0 unspecified atom stereocenters. The van der Waals surface area contributed by atoms with Crippen molar-refractivity contribution in [1.82, 2.24) is 9.78 Å². The number of rotatable bonds is 5. The smallest absolute Gasteiger partial charge is 0.277 e. The van der Waals surface area contributed by atoms with Gasteiger partial charge in [0.05, 0.1) is 12.8 Å². The zero-order valence-corrected chi connectivity index (χ0v) is 20.3. The van der Waals surface area contributed by atoms with E-state index in [0.29, 0.717) is 30.8 Å². The normalized spacial score (nSPS) is 21.8. The van der Waals surface area contributed by atoms with Crippen LogP contribution < -0.4 is 14.5 Å². The van der Waals surface area contributed by atoms with Crippen molar-refractivity contribution in [3.8, 4) is 11.4 Å². The van der Waals surface area contributed by atoms with E-state index >= 15 is 0 Å². The van der Waals surface area contributed by atoms with Gasteiger partial charge in [0, 0.05) is 36.4 Å². The van der Waals surface area contributed by atoms with E-state index in [4.69, 9.17) is 19.3 Å². The highest BCUT2D eigenvalue weighted by Crippen LogP contribution is 2.38. The molecule has 1 aromatic heterocycles. The molecule has 3 aliphatic heterocycles. The molecule has 0 saturated carbocycles. The topological polar surface area (TPSA) is 86.1 Å². The summed E-state index contributed by atoms with van der Waals surface area (Å²) < 4.78 is 18.4. The third-order valence-electron chi connectivity index (χ3n) is 7.01. The molecule has 0 atom stereocenters. The Bertz CT molecular complexity index is 1290. The van der Waals surface area contributed by atoms with E-state index in [1.54, 1.807) is 16.7 Å². The van der Waals surface area contributed by atoms with Crippen LogP contribution in [-0.2, 0) is 20.7 Å². The van der Waals surface area contributed by atoms with E-state index in [0.717, 1.165) is 47.8 Å². The number of fused-ring (bicyclic) bond motifs is 1. The van der Waals surface area contributed by atoms with Crippen LogP contribution in [0.2, 0.25) is 0 Å². The number of ether oxygens (including phenoxy) is 3. The average Bonchev–Trinajstić information content (AvgIpc) is 3.28. The number of anilines is 2. The molecule has 0 bridgehead atoms. The fourth-order valence-corrected chi connectivity index (χ4v) is 5.11. The molecule has 0 radical (unpaired) electrons. The van der Waals surface area contributed by atoms with Crippen molar-refractivity contribution < 1.29 is 23.8 Å². The van der Waals surface area contributed by atoms with E-state index in [2.05, 4.69) is 0 Å². The minimum Gasteiger partial charge on any atom is -0.497 e. The summed E-state index contributed by atoms with van der Waals surface area (Å²) in [7, 11) is 1.61. The monoisotopic (exact) mass is 488 g/mol. The molecule has 2 fully saturated rings. The molecule has 3 aliphatic rings. The van der Waals surface area contributed by atoms with Crippen molar-refractivity contribution in [3.63, 3.8) is 0 Å². The molecule has 6 rings (SSSR count). The molecule has 0 aliphatic carbocycles. The number of methoxy groups -OCH3 is 1. The molecule has 36 heavy (non-hydrogen) atoms. The molecule has 2 saturated heterocycles. The quantitative estimate of drug-likeness (QED) is 0.540. The van der Waals surface area contributed by atoms with E-state index in [1.165, 1.54) is 0 Å². The first kappa shape index (κ1) is 22.8. The van der Waals surface area contributed by atoms with Crippen molar-refractivity contribution >= 4 is 23.2 Å². The van der Waals surface area contributed by atoms with Crippen LogP contribution in [0.1, 0.15) is 54.2 Å². The number of benzene rings is 2. The Hall–Kier alpha value is -3.69. The van der Waals surface area contributed by atoms with Crippen LogP contribution in [0.25, 0.3) is 5.69 Å². The van der Waals surface area contributed by atoms with Gasteiger partial charge in [-0.3, -0.25) is 9.59 Å². The second-order valence-electron chi connectivity index (χ2n) is 9.22. The van der Waals surface area contributed by atoms with E-state index in [1.807, 2.05) is 60.4 Å². The van der Waals surface area contributed by atoms with Crippen LogP contribution in [0.15, 0.2) is 48.5 Å². The molecule has 9 nitrogen and oxygen atoms in total. The molecule has 3 aromatic rings. The largest absolute Gasteiger partial charge is 0.497 e. The number of carbonyl (C=O) groups is 2. The van der Waals surface area contributed by atoms with Crippen LogP contribution in [0.5, 0.6) is 5.75 Å². The van der Waals surface area contributed by atoms with Gasteiger partial charge in [-0.15, -0.1) is 0 Å². The lowest BCUT2D eigenvalue weighted by molar-refractivity contribution is -0.384. The summed E-state index contributed by atoms with van der Waals surface area (Å²) in [6.45, 7) is 3.08. The zero-order chi connectivity index (χ0) is 24.8. The molecule has 0 spiro atoms. The average molecular weight is 489 g/mol. The van der Waals surface area contributed by atoms with Gasteiger partial charge in [0.1, 0.15) is 17.1 Å². The lowest BCUT2D eigenvalue weighted by Crippen LogP contribution is -2.39. The van der Waals surface area contributed by atoms with Crippen LogP contribution >= 0.6 is 0 Å². The number of carbonyl (C=O) groups excluding carboxylic acids is 2. The van der Waals surface area contributed by atoms with Gasteiger partial charge in [0.2, 0.25) is 12.2 Å². The van der Waals surface area contributed by atoms with Crippen molar-refractivity contribution in [2.45, 2.75) is 45.2 Å². The fourth-order valence-electron chi connectivity index (χ4n) is 5.11. The highest BCUT2D eigenvalue weighted by Gasteiger charge is 2.39. The summed E-state index contributed by atoms with van der Waals surface area (Å²) in [4.78, 5) is 29.8. The first-order valence-corrected chi connectivity index (χ1v) is 12.3. The highest BCUT2D eigenvalue weighted by molar-refractivity contribution is 6.07. The van der Waals surface area contributed by atoms with Gasteiger partial charge in [-0.05, 0) is 74.7 Å². The Labute approximate surface area is 209 Å². The number of nitrogens with zero attached hydrogens (tertiary/aromatic N) is 4. The highest BCUT2D eigenvalue weighted by atomic mass is 16.9. The molecular weight excluding hydrogens is 460 g/mol. The number of piperidine rings is 1. The van der Waals surface area contributed by atoms with Crippen molar-refractivity contribution in [3.05, 3.63) is 65.5 Å². The van der Waals surface area contributed by atoms with E-state index < -0.39 is 6.29 Å². The number of hydrogen-bond donors (Lipinski definition) is 0. The lowest BCUT2D eigenvalue weighted by atomic mass is 10.0. The molecule has 2 aromatic carbocycles. The van der Waals surface area contributed by atoms with Gasteiger partial charge >= 0.3 is 0 Å². The molecule has 9 heteroatoms. The third-order valence-corrected chi connectivity index (χ3v) is 7.01. The first-order valence-electron chi connectivity index (χ1n) is 12.3. The Morgan fingerprint density at radius 3 is 2.17 bits per heavy atom. The van der Waals surface area contributed by atoms with Gasteiger partial charge in [-0.25, -0.2) is 4.68 Å². The maximum atomic E-state index is 13.9. The lowest BCUT2D eigenvalue weighted by Gasteiger charge is -2.34. The standard InChI is InChI=1S/C27H28N4O5/c1-17-35-27(36-17)24-22-14-16-30(19-8-6-18(7-9-19)29-15-4-3-5-23(29)32)26(33)25(22)31(28-24)20-10-12-21(34-2)13-11-20/h6-13,17,27H,3-5,14-16H2,1-2H3. The summed E-state index contributed by atoms with van der Waals surface area (Å²) in [5.74, 6) is 0.734. The Kier molecular flexibility index (Phi) is 5.73. The van der Waals surface area contributed by atoms with Crippen LogP contribution in [-0.4, -0.2) is 48.1 Å². The molecule has 186 valence electrons. The summed E-state index contributed by atoms with van der Waals surface area (Å²) in [5, 5.41) is 4.77. The van der Waals surface area contributed by atoms with Gasteiger partial charge in [0.25, 0.3) is 5.91 Å². The van der Waals surface area contributed by atoms with E-state index in [9.17, 15) is 9.59 Å². The van der Waals surface area contributed by atoms with Gasteiger partial charge in [0.15, 0.2) is 6.29 Å². The van der Waals surface area contributed by atoms with Gasteiger partial charge < -0.3 is 24.0 Å². The second kappa shape index (κ2) is 9.07. The van der Waals surface area contributed by atoms with Crippen LogP contribution in [0.4, 0.5) is 11.4 Å². The van der Waals surface area contributed by atoms with Gasteiger partial charge in [-0.1, -0.05) is 0 Å². The summed E-state index contributed by atoms with van der Waals surface area (Å²) >= 11 is 0. The van der Waals surface area contributed by atoms with Gasteiger partial charge in [-0.2, -0.15) is 5.10 Å². The van der Waals surface area contributed by atoms with Crippen molar-refractivity contribution in [2.75, 3.05) is 30.0 Å². The van der Waals surface area contributed by atoms with Crippen LogP contribution in [0, 0.1) is 0 Å². The maximum Gasteiger partial charge on any atom is 0.277 e. The minimum atomic E-state index is -0.575. The van der Waals surface area contributed by atoms with Crippen molar-refractivity contribution in [1.29, 1.82) is 0 Å². The second-order valence-corrected chi connectivity index (χ2v) is 9.22. The summed E-state index contributed by atoms with van der Waals surface area (Å²) in [6, 6.07) is 15.1. The third kappa shape index (κ3) is 3.84. The molecule has 2 amide bonds. The summed E-state index contributed by atoms with van der Waals surface area (Å²) in [6.07, 6.45) is 2.28. The maximum absolute atomic E-state index is 13.9. The number of amides is 2.